The van der Waals surface area contributed by atoms with Crippen molar-refractivity contribution in [2.75, 3.05) is 33.9 Å². The van der Waals surface area contributed by atoms with E-state index in [-0.39, 0.29) is 44.1 Å². The predicted octanol–water partition coefficient (Wildman–Crippen LogP) is 5.65. The number of cyclic esters (lactones) is 1. The summed E-state index contributed by atoms with van der Waals surface area (Å²) in [5.41, 5.74) is 0.0261. The molecule has 13 nitrogen and oxygen atoms in total. The van der Waals surface area contributed by atoms with Gasteiger partial charge in [0.1, 0.15) is 18.0 Å². The predicted molar refractivity (Wildman–Crippen MR) is 216 cm³/mol. The van der Waals surface area contributed by atoms with Gasteiger partial charge in [-0.25, -0.2) is 4.79 Å². The molecule has 1 N–H and O–H groups in total. The normalized spacial score (nSPS) is 42.1. The van der Waals surface area contributed by atoms with E-state index >= 15 is 0 Å². The van der Waals surface area contributed by atoms with Gasteiger partial charge in [0.05, 0.1) is 54.6 Å². The molecule has 0 spiro atoms. The smallest absolute Gasteiger partial charge is 0.411 e. The molecule has 1 aromatic heterocycles. The van der Waals surface area contributed by atoms with Crippen LogP contribution < -0.4 is 0 Å². The Morgan fingerprint density at radius 2 is 1.79 bits per heavy atom. The van der Waals surface area contributed by atoms with E-state index in [1.807, 2.05) is 97.1 Å². The molecule has 58 heavy (non-hydrogen) atoms. The number of likely N-dealkylation sites (N-methyl/N-ethyl adjacent to an activating group) is 1. The Kier molecular flexibility index (Phi) is 12.2. The SMILES string of the molecule is CC[C@H]1OC(=O)[C@H](C)[C@H]2OCC3COC(C)(C[C@@H](C)C(=O)[C@H](C)[C@@H]4N(C/C3=C/c3cnc5ccccc5c3)C(=O)OC41C)[C@H](O[C@@H]1O[C@H](C)C[C@H](N(C)C)[C@H]1O)[C@H]2C. The highest BCUT2D eigenvalue weighted by molar-refractivity contribution is 5.86. The number of nitrogens with zero attached hydrogens (tertiary/aromatic N) is 3. The lowest BCUT2D eigenvalue weighted by atomic mass is 9.72. The highest BCUT2D eigenvalue weighted by Crippen LogP contribution is 2.46. The second-order valence-electron chi connectivity index (χ2n) is 18.3. The van der Waals surface area contributed by atoms with Gasteiger partial charge >= 0.3 is 12.1 Å². The van der Waals surface area contributed by atoms with Crippen LogP contribution in [0.3, 0.4) is 0 Å². The zero-order chi connectivity index (χ0) is 41.8. The quantitative estimate of drug-likeness (QED) is 0.373. The minimum absolute atomic E-state index is 0.0772. The van der Waals surface area contributed by atoms with Crippen LogP contribution in [0.4, 0.5) is 4.79 Å². The fourth-order valence-corrected chi connectivity index (χ4v) is 10.7. The van der Waals surface area contributed by atoms with Crippen molar-refractivity contribution in [1.29, 1.82) is 0 Å². The van der Waals surface area contributed by atoms with E-state index in [0.717, 1.165) is 22.0 Å². The molecule has 1 amide bonds. The lowest BCUT2D eigenvalue weighted by molar-refractivity contribution is -0.302. The molecule has 6 bridgehead atoms. The molecule has 0 aliphatic carbocycles. The lowest BCUT2D eigenvalue weighted by Crippen LogP contribution is -2.61. The number of ketones is 1. The van der Waals surface area contributed by atoms with Gasteiger partial charge in [-0.2, -0.15) is 0 Å². The average molecular weight is 806 g/mol. The van der Waals surface area contributed by atoms with Crippen molar-refractivity contribution in [1.82, 2.24) is 14.8 Å². The first-order valence-electron chi connectivity index (χ1n) is 21.2. The second-order valence-corrected chi connectivity index (χ2v) is 18.3. The number of carbonyl (C=O) groups excluding carboxylic acids is 3. The summed E-state index contributed by atoms with van der Waals surface area (Å²) >= 11 is 0. The van der Waals surface area contributed by atoms with Gasteiger partial charge in [-0.05, 0) is 84.3 Å². The highest BCUT2D eigenvalue weighted by Gasteiger charge is 2.61. The summed E-state index contributed by atoms with van der Waals surface area (Å²) in [5.74, 6) is -3.59. The number of aliphatic hydroxyl groups excluding tert-OH is 1. The Labute approximate surface area is 342 Å². The van der Waals surface area contributed by atoms with Crippen LogP contribution in [-0.2, 0) is 38.0 Å². The van der Waals surface area contributed by atoms with Gasteiger partial charge in [0.2, 0.25) is 0 Å². The van der Waals surface area contributed by atoms with Crippen molar-refractivity contribution in [2.45, 2.75) is 135 Å². The van der Waals surface area contributed by atoms with Crippen molar-refractivity contribution in [3.63, 3.8) is 0 Å². The first-order chi connectivity index (χ1) is 27.4. The van der Waals surface area contributed by atoms with Gasteiger partial charge in [0, 0.05) is 47.8 Å². The van der Waals surface area contributed by atoms with Crippen molar-refractivity contribution in [3.05, 3.63) is 47.7 Å². The molecular weight excluding hydrogens is 743 g/mol. The molecule has 3 unspecified atom stereocenters. The maximum atomic E-state index is 14.9. The van der Waals surface area contributed by atoms with E-state index in [4.69, 9.17) is 33.4 Å². The molecule has 2 aromatic rings. The van der Waals surface area contributed by atoms with Crippen LogP contribution >= 0.6 is 0 Å². The number of fused-ring (bicyclic) bond motifs is 6. The van der Waals surface area contributed by atoms with Gasteiger partial charge in [-0.15, -0.1) is 0 Å². The number of carbonyl (C=O) groups is 3. The molecule has 5 saturated heterocycles. The number of rotatable bonds is 5. The third kappa shape index (κ3) is 7.83. The molecule has 5 fully saturated rings. The van der Waals surface area contributed by atoms with Crippen LogP contribution in [0.5, 0.6) is 0 Å². The van der Waals surface area contributed by atoms with Crippen LogP contribution in [0, 0.1) is 29.6 Å². The van der Waals surface area contributed by atoms with Gasteiger partial charge in [-0.3, -0.25) is 19.5 Å². The summed E-state index contributed by atoms with van der Waals surface area (Å²) in [4.78, 5) is 52.0. The van der Waals surface area contributed by atoms with Gasteiger partial charge in [-0.1, -0.05) is 52.0 Å². The van der Waals surface area contributed by atoms with Crippen LogP contribution in [-0.4, -0.2) is 132 Å². The Morgan fingerprint density at radius 1 is 1.05 bits per heavy atom. The Bertz CT molecular complexity index is 1890. The standard InChI is InChI=1S/C45H63N3O10/c1-11-35-45(8)39-26(4)36(49)24(2)19-44(7)40(57-42-37(50)34(47(9)10)16-25(3)55-42)27(5)38(28(6)41(51)56-35)53-22-32(23-54-44)31(21-48(39)43(52)58-45)18-29-17-30-14-12-13-15-33(30)46-20-29/h12-15,17-18,20,24-28,32,34-35,37-40,42,50H,11,16,19,21-23H2,1-10H3/b31-18-/t24-,25-,26+,27+,28-,32?,34+,35-,37-,38+,39+,40-,42+,44?,45?/m1/s1. The Morgan fingerprint density at radius 3 is 2.52 bits per heavy atom. The zero-order valence-corrected chi connectivity index (χ0v) is 35.8. The maximum absolute atomic E-state index is 14.9. The van der Waals surface area contributed by atoms with Gasteiger partial charge < -0.3 is 38.4 Å². The number of aromatic nitrogens is 1. The number of hydrogen-bond acceptors (Lipinski definition) is 12. The number of hydrogen-bond donors (Lipinski definition) is 1. The van der Waals surface area contributed by atoms with Crippen molar-refractivity contribution < 1.29 is 47.9 Å². The molecule has 5 aliphatic heterocycles. The summed E-state index contributed by atoms with van der Waals surface area (Å²) in [6.07, 6.45) is -0.153. The number of ether oxygens (including phenoxy) is 6. The lowest BCUT2D eigenvalue weighted by Gasteiger charge is -2.48. The van der Waals surface area contributed by atoms with E-state index < -0.39 is 89.6 Å². The van der Waals surface area contributed by atoms with E-state index in [1.165, 1.54) is 0 Å². The largest absolute Gasteiger partial charge is 0.458 e. The first kappa shape index (κ1) is 42.7. The van der Waals surface area contributed by atoms with Crippen LogP contribution in [0.2, 0.25) is 0 Å². The topological polar surface area (TPSA) is 146 Å². The monoisotopic (exact) mass is 805 g/mol. The number of para-hydroxylation sites is 1. The van der Waals surface area contributed by atoms with Crippen LogP contribution in [0.25, 0.3) is 17.0 Å². The molecule has 1 aromatic carbocycles. The highest BCUT2D eigenvalue weighted by atomic mass is 16.7. The number of Topliss-reactive ketones (excluding diaryl/α,β-unsaturated/α-hetero) is 1. The molecule has 0 radical (unpaired) electrons. The third-order valence-electron chi connectivity index (χ3n) is 13.8. The van der Waals surface area contributed by atoms with E-state index in [0.29, 0.717) is 12.8 Å². The molecule has 5 aliphatic rings. The van der Waals surface area contributed by atoms with Gasteiger partial charge in [0.25, 0.3) is 0 Å². The average Bonchev–Trinajstić information content (AvgIpc) is 3.46. The number of aliphatic hydroxyl groups is 1. The number of amides is 1. The molecule has 15 atom stereocenters. The van der Waals surface area contributed by atoms with Crippen molar-refractivity contribution in [3.8, 4) is 0 Å². The van der Waals surface area contributed by atoms with Crippen LogP contribution in [0.15, 0.2) is 42.1 Å². The van der Waals surface area contributed by atoms with E-state index in [9.17, 15) is 19.5 Å². The summed E-state index contributed by atoms with van der Waals surface area (Å²) in [6.45, 7) is 15.6. The number of benzene rings is 1. The molecule has 13 heteroatoms. The summed E-state index contributed by atoms with van der Waals surface area (Å²) in [7, 11) is 3.85. The summed E-state index contributed by atoms with van der Waals surface area (Å²) < 4.78 is 40.2. The molecule has 7 rings (SSSR count). The fourth-order valence-electron chi connectivity index (χ4n) is 10.7. The van der Waals surface area contributed by atoms with Gasteiger partial charge in [0.15, 0.2) is 11.9 Å². The third-order valence-corrected chi connectivity index (χ3v) is 13.8. The van der Waals surface area contributed by atoms with E-state index in [1.54, 1.807) is 18.7 Å². The minimum Gasteiger partial charge on any atom is -0.458 e. The van der Waals surface area contributed by atoms with Crippen molar-refractivity contribution in [2.24, 2.45) is 29.6 Å². The molecular formula is C45H63N3O10. The summed E-state index contributed by atoms with van der Waals surface area (Å²) in [5, 5.41) is 12.7. The minimum atomic E-state index is -1.34. The van der Waals surface area contributed by atoms with Crippen molar-refractivity contribution >= 4 is 34.8 Å². The Hall–Kier alpha value is -3.46. The van der Waals surface area contributed by atoms with Crippen LogP contribution in [0.1, 0.15) is 80.2 Å². The molecule has 0 saturated carbocycles. The number of pyridine rings is 1. The second kappa shape index (κ2) is 16.5. The summed E-state index contributed by atoms with van der Waals surface area (Å²) in [6, 6.07) is 8.95. The first-order valence-corrected chi connectivity index (χ1v) is 21.2. The molecule has 6 heterocycles. The zero-order valence-electron chi connectivity index (χ0n) is 35.8. The maximum Gasteiger partial charge on any atom is 0.411 e. The van der Waals surface area contributed by atoms with E-state index in [2.05, 4.69) is 6.07 Å². The Balaban J connectivity index is 1.43. The fraction of sp³-hybridized carbons (Fsp3) is 0.689. The number of esters is 1. The molecule has 318 valence electrons.